The van der Waals surface area contributed by atoms with Crippen LogP contribution in [0.25, 0.3) is 10.6 Å². The number of hydrogen-bond acceptors (Lipinski definition) is 4. The normalized spacial score (nSPS) is 17.4. The highest BCUT2D eigenvalue weighted by atomic mass is 32.1. The van der Waals surface area contributed by atoms with E-state index in [4.69, 9.17) is 0 Å². The third-order valence-corrected chi connectivity index (χ3v) is 3.93. The fraction of sp³-hybridized carbons (Fsp3) is 0.417. The summed E-state index contributed by atoms with van der Waals surface area (Å²) in [6.07, 6.45) is 3.93. The highest BCUT2D eigenvalue weighted by Gasteiger charge is 2.12. The minimum atomic E-state index is 0.975. The molecule has 17 heavy (non-hydrogen) atoms. The van der Waals surface area contributed by atoms with Gasteiger partial charge in [0.2, 0.25) is 0 Å². The summed E-state index contributed by atoms with van der Waals surface area (Å²) in [6, 6.07) is 2.06. The molecule has 3 heterocycles. The van der Waals surface area contributed by atoms with Gasteiger partial charge in [-0.1, -0.05) is 0 Å². The van der Waals surface area contributed by atoms with E-state index in [1.54, 1.807) is 11.3 Å². The van der Waals surface area contributed by atoms with Crippen LogP contribution in [-0.2, 0) is 6.54 Å². The zero-order valence-corrected chi connectivity index (χ0v) is 10.5. The molecule has 1 saturated heterocycles. The van der Waals surface area contributed by atoms with E-state index in [0.717, 1.165) is 37.7 Å². The van der Waals surface area contributed by atoms with Crippen LogP contribution in [0.15, 0.2) is 23.8 Å². The van der Waals surface area contributed by atoms with Crippen LogP contribution in [0.5, 0.6) is 0 Å². The van der Waals surface area contributed by atoms with E-state index in [1.165, 1.54) is 11.3 Å². The van der Waals surface area contributed by atoms with Crippen molar-refractivity contribution in [1.82, 2.24) is 20.2 Å². The lowest BCUT2D eigenvalue weighted by Gasteiger charge is -2.26. The van der Waals surface area contributed by atoms with E-state index in [-0.39, 0.29) is 0 Å². The topological polar surface area (TPSA) is 44.0 Å². The molecule has 90 valence electrons. The fourth-order valence-electron chi connectivity index (χ4n) is 2.07. The summed E-state index contributed by atoms with van der Waals surface area (Å²) in [4.78, 5) is 10.2. The smallest absolute Gasteiger partial charge is 0.125 e. The van der Waals surface area contributed by atoms with Crippen molar-refractivity contribution < 1.29 is 0 Å². The number of nitrogens with one attached hydrogen (secondary N) is 2. The van der Waals surface area contributed by atoms with Crippen molar-refractivity contribution in [3.63, 3.8) is 0 Å². The lowest BCUT2D eigenvalue weighted by molar-refractivity contribution is 0.231. The van der Waals surface area contributed by atoms with Gasteiger partial charge in [-0.05, 0) is 6.07 Å². The quantitative estimate of drug-likeness (QED) is 0.866. The summed E-state index contributed by atoms with van der Waals surface area (Å²) in [5.74, 6) is 0. The second-order valence-corrected chi connectivity index (χ2v) is 5.13. The van der Waals surface area contributed by atoms with E-state index in [9.17, 15) is 0 Å². The molecule has 2 aromatic heterocycles. The van der Waals surface area contributed by atoms with Gasteiger partial charge in [-0.2, -0.15) is 0 Å². The first kappa shape index (κ1) is 11.0. The van der Waals surface area contributed by atoms with Crippen molar-refractivity contribution in [2.24, 2.45) is 0 Å². The van der Waals surface area contributed by atoms with E-state index in [0.29, 0.717) is 0 Å². The Labute approximate surface area is 105 Å². The molecule has 1 fully saturated rings. The SMILES string of the molecule is c1cc(-c2nc(CN3CCNCC3)cs2)c[nH]1. The first-order valence-corrected chi connectivity index (χ1v) is 6.80. The largest absolute Gasteiger partial charge is 0.367 e. The van der Waals surface area contributed by atoms with Crippen LogP contribution in [0.3, 0.4) is 0 Å². The van der Waals surface area contributed by atoms with Gasteiger partial charge in [0.15, 0.2) is 0 Å². The van der Waals surface area contributed by atoms with E-state index < -0.39 is 0 Å². The van der Waals surface area contributed by atoms with Gasteiger partial charge >= 0.3 is 0 Å². The molecular formula is C12H16N4S. The number of aromatic nitrogens is 2. The molecule has 0 aliphatic carbocycles. The van der Waals surface area contributed by atoms with Crippen molar-refractivity contribution in [1.29, 1.82) is 0 Å². The van der Waals surface area contributed by atoms with Crippen LogP contribution in [0.4, 0.5) is 0 Å². The number of hydrogen-bond donors (Lipinski definition) is 2. The monoisotopic (exact) mass is 248 g/mol. The van der Waals surface area contributed by atoms with Gasteiger partial charge < -0.3 is 10.3 Å². The summed E-state index contributed by atoms with van der Waals surface area (Å²) >= 11 is 1.72. The molecule has 1 aliphatic heterocycles. The fourth-order valence-corrected chi connectivity index (χ4v) is 2.88. The average molecular weight is 248 g/mol. The van der Waals surface area contributed by atoms with Crippen molar-refractivity contribution in [2.75, 3.05) is 26.2 Å². The van der Waals surface area contributed by atoms with Gasteiger partial charge in [0.25, 0.3) is 0 Å². The van der Waals surface area contributed by atoms with E-state index >= 15 is 0 Å². The summed E-state index contributed by atoms with van der Waals surface area (Å²) in [5, 5.41) is 6.64. The van der Waals surface area contributed by atoms with Gasteiger partial charge in [-0.3, -0.25) is 4.90 Å². The first-order valence-electron chi connectivity index (χ1n) is 5.92. The van der Waals surface area contributed by atoms with Crippen LogP contribution >= 0.6 is 11.3 Å². The number of thiazole rings is 1. The standard InChI is InChI=1S/C12H16N4S/c1-2-14-7-10(1)12-15-11(9-17-12)8-16-5-3-13-4-6-16/h1-2,7,9,13-14H,3-6,8H2. The molecule has 0 bridgehead atoms. The predicted molar refractivity (Wildman–Crippen MR) is 70.0 cm³/mol. The van der Waals surface area contributed by atoms with Crippen LogP contribution in [-0.4, -0.2) is 41.0 Å². The van der Waals surface area contributed by atoms with Gasteiger partial charge in [-0.15, -0.1) is 11.3 Å². The van der Waals surface area contributed by atoms with Gasteiger partial charge in [-0.25, -0.2) is 4.98 Å². The Hall–Kier alpha value is -1.17. The van der Waals surface area contributed by atoms with Crippen LogP contribution < -0.4 is 5.32 Å². The Balaban J connectivity index is 1.68. The maximum Gasteiger partial charge on any atom is 0.125 e. The highest BCUT2D eigenvalue weighted by molar-refractivity contribution is 7.13. The molecule has 0 radical (unpaired) electrons. The molecule has 0 spiro atoms. The molecule has 0 unspecified atom stereocenters. The van der Waals surface area contributed by atoms with Crippen LogP contribution in [0.2, 0.25) is 0 Å². The highest BCUT2D eigenvalue weighted by Crippen LogP contribution is 2.23. The Bertz CT molecular complexity index is 457. The molecule has 0 saturated carbocycles. The Morgan fingerprint density at radius 3 is 3.00 bits per heavy atom. The Morgan fingerprint density at radius 1 is 1.35 bits per heavy atom. The molecule has 0 atom stereocenters. The summed E-state index contributed by atoms with van der Waals surface area (Å²) in [6.45, 7) is 5.40. The van der Waals surface area contributed by atoms with Gasteiger partial charge in [0, 0.05) is 56.1 Å². The number of H-pyrrole nitrogens is 1. The third-order valence-electron chi connectivity index (χ3n) is 2.99. The van der Waals surface area contributed by atoms with Crippen molar-refractivity contribution in [3.8, 4) is 10.6 Å². The van der Waals surface area contributed by atoms with E-state index in [1.807, 2.05) is 12.4 Å². The molecule has 3 rings (SSSR count). The predicted octanol–water partition coefficient (Wildman–Crippen LogP) is 1.54. The molecule has 2 N–H and O–H groups in total. The first-order chi connectivity index (χ1) is 8.42. The maximum absolute atomic E-state index is 4.68. The number of rotatable bonds is 3. The summed E-state index contributed by atoms with van der Waals surface area (Å²) < 4.78 is 0. The minimum absolute atomic E-state index is 0.975. The van der Waals surface area contributed by atoms with Crippen LogP contribution in [0, 0.1) is 0 Å². The Morgan fingerprint density at radius 2 is 2.24 bits per heavy atom. The zero-order valence-electron chi connectivity index (χ0n) is 9.65. The molecule has 0 aromatic carbocycles. The molecule has 4 nitrogen and oxygen atoms in total. The van der Waals surface area contributed by atoms with E-state index in [2.05, 4.69) is 31.6 Å². The van der Waals surface area contributed by atoms with Crippen molar-refractivity contribution >= 4 is 11.3 Å². The molecule has 5 heteroatoms. The molecule has 0 amide bonds. The molecule has 2 aromatic rings. The second-order valence-electron chi connectivity index (χ2n) is 4.27. The van der Waals surface area contributed by atoms with Crippen LogP contribution in [0.1, 0.15) is 5.69 Å². The molecule has 1 aliphatic rings. The number of piperazine rings is 1. The molecular weight excluding hydrogens is 232 g/mol. The summed E-state index contributed by atoms with van der Waals surface area (Å²) in [7, 11) is 0. The van der Waals surface area contributed by atoms with Crippen molar-refractivity contribution in [2.45, 2.75) is 6.54 Å². The maximum atomic E-state index is 4.68. The lowest BCUT2D eigenvalue weighted by Crippen LogP contribution is -2.42. The average Bonchev–Trinajstić information content (AvgIpc) is 3.00. The van der Waals surface area contributed by atoms with Crippen molar-refractivity contribution in [3.05, 3.63) is 29.5 Å². The zero-order chi connectivity index (χ0) is 11.5. The minimum Gasteiger partial charge on any atom is -0.367 e. The van der Waals surface area contributed by atoms with Gasteiger partial charge in [0.1, 0.15) is 5.01 Å². The van der Waals surface area contributed by atoms with Gasteiger partial charge in [0.05, 0.1) is 5.69 Å². The second kappa shape index (κ2) is 5.00. The Kier molecular flexibility index (Phi) is 3.22. The third kappa shape index (κ3) is 2.57. The number of aromatic amines is 1. The number of nitrogens with zero attached hydrogens (tertiary/aromatic N) is 2. The summed E-state index contributed by atoms with van der Waals surface area (Å²) in [5.41, 5.74) is 2.37. The lowest BCUT2D eigenvalue weighted by atomic mass is 10.3.